The van der Waals surface area contributed by atoms with Crippen LogP contribution in [0, 0.1) is 0 Å². The Morgan fingerprint density at radius 1 is 1.25 bits per heavy atom. The average molecular weight is 474 g/mol. The lowest BCUT2D eigenvalue weighted by Crippen LogP contribution is -2.22. The molecule has 1 N–H and O–H groups in total. The maximum absolute atomic E-state index is 12.8. The van der Waals surface area contributed by atoms with Gasteiger partial charge in [0.1, 0.15) is 0 Å². The Bertz CT molecular complexity index is 1100. The molecule has 0 spiro atoms. The Morgan fingerprint density at radius 2 is 2.06 bits per heavy atom. The lowest BCUT2D eigenvalue weighted by atomic mass is 10.1. The molecule has 3 aromatic rings. The van der Waals surface area contributed by atoms with Crippen molar-refractivity contribution in [1.29, 1.82) is 0 Å². The normalized spacial score (nSPS) is 11.5. The molecule has 0 aliphatic carbocycles. The van der Waals surface area contributed by atoms with Crippen LogP contribution in [0.3, 0.4) is 0 Å². The van der Waals surface area contributed by atoms with Gasteiger partial charge in [-0.25, -0.2) is 4.98 Å². The summed E-state index contributed by atoms with van der Waals surface area (Å²) >= 11 is 3.30. The smallest absolute Gasteiger partial charge is 0.311 e. The number of rotatable bonds is 10. The molecule has 7 nitrogen and oxygen atoms in total. The number of hydrogen-bond donors (Lipinski definition) is 1. The molecule has 170 valence electrons. The number of amides is 1. The van der Waals surface area contributed by atoms with Crippen LogP contribution in [0.1, 0.15) is 43.2 Å². The maximum Gasteiger partial charge on any atom is 0.311 e. The van der Waals surface area contributed by atoms with Gasteiger partial charge in [0.15, 0.2) is 4.34 Å². The van der Waals surface area contributed by atoms with E-state index in [-0.39, 0.29) is 24.5 Å². The molecule has 0 saturated carbocycles. The van der Waals surface area contributed by atoms with Crippen molar-refractivity contribution >= 4 is 50.9 Å². The summed E-state index contributed by atoms with van der Waals surface area (Å²) in [7, 11) is 1.73. The maximum atomic E-state index is 12.8. The molecule has 32 heavy (non-hydrogen) atoms. The second kappa shape index (κ2) is 10.9. The summed E-state index contributed by atoms with van der Waals surface area (Å²) in [5.74, 6) is 0.178. The molecule has 1 aromatic carbocycles. The second-order valence-corrected chi connectivity index (χ2v) is 10.0. The fourth-order valence-electron chi connectivity index (χ4n) is 2.86. The van der Waals surface area contributed by atoms with Crippen LogP contribution in [0.15, 0.2) is 40.9 Å². The van der Waals surface area contributed by atoms with Crippen molar-refractivity contribution in [2.75, 3.05) is 24.8 Å². The summed E-state index contributed by atoms with van der Waals surface area (Å²) in [6.45, 7) is 6.17. The minimum atomic E-state index is -0.412. The molecule has 0 unspecified atom stereocenters. The SMILES string of the molecule is CCOC(=O)Cc1ncccc1C(=O)Nc1ccc2nc(SCCC(C)(C)OC)sc2c1. The van der Waals surface area contributed by atoms with Crippen LogP contribution in [0.4, 0.5) is 5.69 Å². The summed E-state index contributed by atoms with van der Waals surface area (Å²) < 4.78 is 12.4. The van der Waals surface area contributed by atoms with E-state index in [4.69, 9.17) is 9.47 Å². The van der Waals surface area contributed by atoms with Crippen LogP contribution < -0.4 is 5.32 Å². The van der Waals surface area contributed by atoms with E-state index >= 15 is 0 Å². The Labute approximate surface area is 195 Å². The van der Waals surface area contributed by atoms with Gasteiger partial charge in [-0.1, -0.05) is 11.8 Å². The van der Waals surface area contributed by atoms with E-state index in [2.05, 4.69) is 29.1 Å². The third kappa shape index (κ3) is 6.51. The fraction of sp³-hybridized carbons (Fsp3) is 0.391. The van der Waals surface area contributed by atoms with E-state index < -0.39 is 5.97 Å². The van der Waals surface area contributed by atoms with Crippen LogP contribution in [0.5, 0.6) is 0 Å². The highest BCUT2D eigenvalue weighted by atomic mass is 32.2. The number of nitrogens with zero attached hydrogens (tertiary/aromatic N) is 2. The molecule has 2 heterocycles. The van der Waals surface area contributed by atoms with Crippen molar-refractivity contribution in [2.45, 2.75) is 43.6 Å². The van der Waals surface area contributed by atoms with Gasteiger partial charge in [0.2, 0.25) is 0 Å². The van der Waals surface area contributed by atoms with Crippen LogP contribution in [-0.4, -0.2) is 46.9 Å². The van der Waals surface area contributed by atoms with Gasteiger partial charge >= 0.3 is 5.97 Å². The number of pyridine rings is 1. The summed E-state index contributed by atoms with van der Waals surface area (Å²) in [6.07, 6.45) is 2.43. The lowest BCUT2D eigenvalue weighted by molar-refractivity contribution is -0.142. The van der Waals surface area contributed by atoms with Gasteiger partial charge in [0.05, 0.1) is 40.1 Å². The van der Waals surface area contributed by atoms with Crippen LogP contribution in [0.2, 0.25) is 0 Å². The average Bonchev–Trinajstić information content (AvgIpc) is 3.16. The van der Waals surface area contributed by atoms with Gasteiger partial charge in [0, 0.05) is 24.7 Å². The summed E-state index contributed by atoms with van der Waals surface area (Å²) in [5.41, 5.74) is 2.14. The second-order valence-electron chi connectivity index (χ2n) is 7.66. The molecule has 0 fully saturated rings. The fourth-order valence-corrected chi connectivity index (χ4v) is 5.28. The van der Waals surface area contributed by atoms with Crippen molar-refractivity contribution in [3.8, 4) is 0 Å². The number of anilines is 1. The first kappa shape index (κ1) is 24.2. The number of methoxy groups -OCH3 is 1. The van der Waals surface area contributed by atoms with Gasteiger partial charge in [-0.15, -0.1) is 11.3 Å². The molecule has 1 amide bonds. The molecular formula is C23H27N3O4S2. The number of nitrogens with one attached hydrogen (secondary N) is 1. The highest BCUT2D eigenvalue weighted by Gasteiger charge is 2.18. The van der Waals surface area contributed by atoms with Gasteiger partial charge in [-0.2, -0.15) is 0 Å². The highest BCUT2D eigenvalue weighted by Crippen LogP contribution is 2.32. The van der Waals surface area contributed by atoms with Crippen LogP contribution in [0.25, 0.3) is 10.2 Å². The number of hydrogen-bond acceptors (Lipinski definition) is 8. The molecule has 0 aliphatic heterocycles. The quantitative estimate of drug-likeness (QED) is 0.329. The third-order valence-corrected chi connectivity index (χ3v) is 7.02. The number of fused-ring (bicyclic) bond motifs is 1. The number of carbonyl (C=O) groups is 2. The number of benzene rings is 1. The lowest BCUT2D eigenvalue weighted by Gasteiger charge is -2.21. The van der Waals surface area contributed by atoms with Crippen molar-refractivity contribution in [1.82, 2.24) is 9.97 Å². The standard InChI is InChI=1S/C23H27N3O4S2/c1-5-30-20(27)14-18-16(7-6-11-24-18)21(28)25-15-8-9-17-19(13-15)32-22(26-17)31-12-10-23(2,3)29-4/h6-9,11,13H,5,10,12,14H2,1-4H3,(H,25,28). The van der Waals surface area contributed by atoms with Gasteiger partial charge in [-0.05, 0) is 57.5 Å². The summed E-state index contributed by atoms with van der Waals surface area (Å²) in [4.78, 5) is 33.5. The molecule has 0 radical (unpaired) electrons. The topological polar surface area (TPSA) is 90.4 Å². The first-order valence-electron chi connectivity index (χ1n) is 10.3. The number of esters is 1. The number of aromatic nitrogens is 2. The number of thiazole rings is 1. The van der Waals surface area contributed by atoms with Crippen molar-refractivity contribution in [3.05, 3.63) is 47.8 Å². The van der Waals surface area contributed by atoms with E-state index in [0.717, 1.165) is 26.7 Å². The van der Waals surface area contributed by atoms with E-state index in [1.807, 2.05) is 18.2 Å². The highest BCUT2D eigenvalue weighted by molar-refractivity contribution is 8.01. The zero-order valence-electron chi connectivity index (χ0n) is 18.6. The number of thioether (sulfide) groups is 1. The van der Waals surface area contributed by atoms with Gasteiger partial charge in [0.25, 0.3) is 5.91 Å². The molecule has 3 rings (SSSR count). The monoisotopic (exact) mass is 473 g/mol. The largest absolute Gasteiger partial charge is 0.466 e. The zero-order valence-corrected chi connectivity index (χ0v) is 20.3. The minimum absolute atomic E-state index is 0.0498. The molecule has 0 aliphatic rings. The Kier molecular flexibility index (Phi) is 8.22. The van der Waals surface area contributed by atoms with E-state index in [1.54, 1.807) is 55.5 Å². The Balaban J connectivity index is 1.69. The van der Waals surface area contributed by atoms with Crippen LogP contribution in [-0.2, 0) is 20.7 Å². The van der Waals surface area contributed by atoms with E-state index in [9.17, 15) is 9.59 Å². The molecule has 0 atom stereocenters. The first-order chi connectivity index (χ1) is 15.3. The molecule has 9 heteroatoms. The third-order valence-electron chi connectivity index (χ3n) is 4.86. The van der Waals surface area contributed by atoms with E-state index in [1.165, 1.54) is 0 Å². The van der Waals surface area contributed by atoms with Gasteiger partial charge < -0.3 is 14.8 Å². The number of ether oxygens (including phenoxy) is 2. The molecule has 2 aromatic heterocycles. The Hall–Kier alpha value is -2.49. The van der Waals surface area contributed by atoms with Crippen LogP contribution >= 0.6 is 23.1 Å². The molecule has 0 saturated heterocycles. The van der Waals surface area contributed by atoms with E-state index in [0.29, 0.717) is 16.9 Å². The Morgan fingerprint density at radius 3 is 2.81 bits per heavy atom. The summed E-state index contributed by atoms with van der Waals surface area (Å²) in [6, 6.07) is 8.95. The molecular weight excluding hydrogens is 446 g/mol. The minimum Gasteiger partial charge on any atom is -0.466 e. The summed E-state index contributed by atoms with van der Waals surface area (Å²) in [5, 5.41) is 2.90. The zero-order chi connectivity index (χ0) is 23.1. The van der Waals surface area contributed by atoms with Crippen molar-refractivity contribution < 1.29 is 19.1 Å². The molecule has 0 bridgehead atoms. The first-order valence-corrected chi connectivity index (χ1v) is 12.1. The van der Waals surface area contributed by atoms with Gasteiger partial charge in [-0.3, -0.25) is 14.6 Å². The van der Waals surface area contributed by atoms with Crippen molar-refractivity contribution in [2.24, 2.45) is 0 Å². The predicted molar refractivity (Wildman–Crippen MR) is 129 cm³/mol. The predicted octanol–water partition coefficient (Wildman–Crippen LogP) is 4.96. The van der Waals surface area contributed by atoms with Crippen molar-refractivity contribution in [3.63, 3.8) is 0 Å². The number of carbonyl (C=O) groups excluding carboxylic acids is 2.